The molecule has 0 fully saturated rings. The molecule has 1 aromatic carbocycles. The molecule has 4 nitrogen and oxygen atoms in total. The van der Waals surface area contributed by atoms with Gasteiger partial charge in [-0.2, -0.15) is 0 Å². The Morgan fingerprint density at radius 3 is 2.09 bits per heavy atom. The maximum Gasteiger partial charge on any atom is 0.257 e. The van der Waals surface area contributed by atoms with Crippen LogP contribution >= 0.6 is 0 Å². The average molecular weight is 320 g/mol. The van der Waals surface area contributed by atoms with Crippen LogP contribution in [-0.4, -0.2) is 42.6 Å². The van der Waals surface area contributed by atoms with Crippen LogP contribution in [0.15, 0.2) is 12.1 Å². The molecular weight excluding hydrogens is 288 g/mol. The molecule has 1 N–H and O–H groups in total. The van der Waals surface area contributed by atoms with E-state index < -0.39 is 0 Å². The summed E-state index contributed by atoms with van der Waals surface area (Å²) in [5.74, 6) is 0.744. The van der Waals surface area contributed by atoms with Crippen molar-refractivity contribution in [1.82, 2.24) is 10.2 Å². The van der Waals surface area contributed by atoms with Crippen molar-refractivity contribution in [2.24, 2.45) is 0 Å². The lowest BCUT2D eigenvalue weighted by Gasteiger charge is -2.30. The van der Waals surface area contributed by atoms with Crippen LogP contribution in [0.1, 0.15) is 44.4 Å². The summed E-state index contributed by atoms with van der Waals surface area (Å²) in [6.07, 6.45) is 0. The number of hydrogen-bond acceptors (Lipinski definition) is 3. The minimum Gasteiger partial charge on any atom is -0.483 e. The van der Waals surface area contributed by atoms with Gasteiger partial charge >= 0.3 is 0 Å². The van der Waals surface area contributed by atoms with Crippen molar-refractivity contribution in [2.45, 2.75) is 60.5 Å². The third kappa shape index (κ3) is 6.22. The molecule has 1 aromatic rings. The molecule has 23 heavy (non-hydrogen) atoms. The largest absolute Gasteiger partial charge is 0.483 e. The van der Waals surface area contributed by atoms with Gasteiger partial charge < -0.3 is 10.1 Å². The molecule has 0 aromatic heterocycles. The van der Waals surface area contributed by atoms with E-state index in [1.165, 1.54) is 5.56 Å². The van der Waals surface area contributed by atoms with Crippen molar-refractivity contribution >= 4 is 5.91 Å². The summed E-state index contributed by atoms with van der Waals surface area (Å²) >= 11 is 0. The fraction of sp³-hybridized carbons (Fsp3) is 0.632. The summed E-state index contributed by atoms with van der Waals surface area (Å²) < 4.78 is 5.71. The van der Waals surface area contributed by atoms with E-state index in [9.17, 15) is 4.79 Å². The average Bonchev–Trinajstić information content (AvgIpc) is 2.41. The number of rotatable bonds is 8. The molecule has 0 aliphatic rings. The van der Waals surface area contributed by atoms with E-state index in [0.29, 0.717) is 18.6 Å². The predicted octanol–water partition coefficient (Wildman–Crippen LogP) is 3.23. The highest BCUT2D eigenvalue weighted by molar-refractivity contribution is 5.77. The van der Waals surface area contributed by atoms with Crippen LogP contribution in [0.3, 0.4) is 0 Å². The van der Waals surface area contributed by atoms with Gasteiger partial charge in [0.25, 0.3) is 5.91 Å². The second-order valence-electron chi connectivity index (χ2n) is 6.79. The number of nitrogens with zero attached hydrogens (tertiary/aromatic N) is 1. The first kappa shape index (κ1) is 19.5. The highest BCUT2D eigenvalue weighted by atomic mass is 16.5. The van der Waals surface area contributed by atoms with E-state index >= 15 is 0 Å². The molecule has 1 amide bonds. The molecule has 1 rings (SSSR count). The Hall–Kier alpha value is -1.55. The van der Waals surface area contributed by atoms with Crippen molar-refractivity contribution in [3.63, 3.8) is 0 Å². The second-order valence-corrected chi connectivity index (χ2v) is 6.79. The zero-order valence-corrected chi connectivity index (χ0v) is 15.7. The van der Waals surface area contributed by atoms with Gasteiger partial charge in [0.1, 0.15) is 5.75 Å². The van der Waals surface area contributed by atoms with E-state index in [1.807, 2.05) is 13.8 Å². The predicted molar refractivity (Wildman–Crippen MR) is 96.1 cm³/mol. The van der Waals surface area contributed by atoms with Crippen LogP contribution < -0.4 is 10.1 Å². The highest BCUT2D eigenvalue weighted by Gasteiger charge is 2.13. The summed E-state index contributed by atoms with van der Waals surface area (Å²) in [6.45, 7) is 16.3. The van der Waals surface area contributed by atoms with Crippen LogP contribution in [0, 0.1) is 20.8 Å². The Morgan fingerprint density at radius 1 is 1.09 bits per heavy atom. The van der Waals surface area contributed by atoms with Crippen molar-refractivity contribution in [2.75, 3.05) is 19.7 Å². The standard InChI is InChI=1S/C19H32N2O2/c1-13(2)21(14(3)4)9-8-20-18(22)12-23-19-16(6)10-15(5)11-17(19)7/h10-11,13-14H,8-9,12H2,1-7H3,(H,20,22). The zero-order valence-electron chi connectivity index (χ0n) is 15.7. The first-order valence-electron chi connectivity index (χ1n) is 8.45. The van der Waals surface area contributed by atoms with Gasteiger partial charge in [-0.1, -0.05) is 17.7 Å². The number of amides is 1. The summed E-state index contributed by atoms with van der Waals surface area (Å²) in [7, 11) is 0. The zero-order chi connectivity index (χ0) is 17.6. The lowest BCUT2D eigenvalue weighted by Crippen LogP contribution is -2.43. The van der Waals surface area contributed by atoms with Crippen LogP contribution in [0.2, 0.25) is 0 Å². The lowest BCUT2D eigenvalue weighted by atomic mass is 10.1. The van der Waals surface area contributed by atoms with Gasteiger partial charge in [0.15, 0.2) is 6.61 Å². The van der Waals surface area contributed by atoms with Crippen molar-refractivity contribution in [3.8, 4) is 5.75 Å². The summed E-state index contributed by atoms with van der Waals surface area (Å²) in [4.78, 5) is 14.3. The molecule has 0 heterocycles. The quantitative estimate of drug-likeness (QED) is 0.799. The molecule has 4 heteroatoms. The minimum atomic E-state index is -0.0724. The Morgan fingerprint density at radius 2 is 1.61 bits per heavy atom. The molecule has 0 radical (unpaired) electrons. The number of ether oxygens (including phenoxy) is 1. The highest BCUT2D eigenvalue weighted by Crippen LogP contribution is 2.24. The topological polar surface area (TPSA) is 41.6 Å². The van der Waals surface area contributed by atoms with Crippen molar-refractivity contribution in [3.05, 3.63) is 28.8 Å². The molecule has 0 saturated carbocycles. The number of carbonyl (C=O) groups excluding carboxylic acids is 1. The lowest BCUT2D eigenvalue weighted by molar-refractivity contribution is -0.123. The Balaban J connectivity index is 2.44. The fourth-order valence-electron chi connectivity index (χ4n) is 3.02. The number of benzene rings is 1. The summed E-state index contributed by atoms with van der Waals surface area (Å²) in [5.41, 5.74) is 3.35. The van der Waals surface area contributed by atoms with Crippen molar-refractivity contribution < 1.29 is 9.53 Å². The second kappa shape index (κ2) is 8.92. The van der Waals surface area contributed by atoms with Gasteiger partial charge in [0.05, 0.1) is 0 Å². The van der Waals surface area contributed by atoms with Crippen LogP contribution in [0.25, 0.3) is 0 Å². The molecule has 0 bridgehead atoms. The number of carbonyl (C=O) groups is 1. The monoisotopic (exact) mass is 320 g/mol. The van der Waals surface area contributed by atoms with E-state index in [0.717, 1.165) is 23.4 Å². The number of aryl methyl sites for hydroxylation is 3. The normalized spacial score (nSPS) is 11.4. The van der Waals surface area contributed by atoms with Gasteiger partial charge in [0, 0.05) is 25.2 Å². The molecule has 0 aliphatic carbocycles. The Labute approximate surface area is 141 Å². The minimum absolute atomic E-state index is 0.0636. The molecule has 0 spiro atoms. The summed E-state index contributed by atoms with van der Waals surface area (Å²) in [5, 5.41) is 2.94. The molecular formula is C19H32N2O2. The smallest absolute Gasteiger partial charge is 0.257 e. The first-order valence-corrected chi connectivity index (χ1v) is 8.45. The Bertz CT molecular complexity index is 493. The number of nitrogens with one attached hydrogen (secondary N) is 1. The van der Waals surface area contributed by atoms with Crippen LogP contribution in [-0.2, 0) is 4.79 Å². The molecule has 0 aliphatic heterocycles. The van der Waals surface area contributed by atoms with Gasteiger partial charge in [-0.15, -0.1) is 0 Å². The molecule has 0 atom stereocenters. The van der Waals surface area contributed by atoms with E-state index in [4.69, 9.17) is 4.74 Å². The van der Waals surface area contributed by atoms with Crippen LogP contribution in [0.5, 0.6) is 5.75 Å². The third-order valence-electron chi connectivity index (χ3n) is 3.97. The molecule has 0 unspecified atom stereocenters. The first-order chi connectivity index (χ1) is 10.7. The van der Waals surface area contributed by atoms with Gasteiger partial charge in [-0.05, 0) is 59.6 Å². The van der Waals surface area contributed by atoms with E-state index in [-0.39, 0.29) is 12.5 Å². The molecule has 130 valence electrons. The van der Waals surface area contributed by atoms with Gasteiger partial charge in [0.2, 0.25) is 0 Å². The van der Waals surface area contributed by atoms with E-state index in [2.05, 4.69) is 57.0 Å². The van der Waals surface area contributed by atoms with E-state index in [1.54, 1.807) is 0 Å². The maximum absolute atomic E-state index is 12.0. The maximum atomic E-state index is 12.0. The van der Waals surface area contributed by atoms with Crippen LogP contribution in [0.4, 0.5) is 0 Å². The van der Waals surface area contributed by atoms with Gasteiger partial charge in [-0.3, -0.25) is 9.69 Å². The molecule has 0 saturated heterocycles. The third-order valence-corrected chi connectivity index (χ3v) is 3.97. The van der Waals surface area contributed by atoms with Crippen molar-refractivity contribution in [1.29, 1.82) is 0 Å². The Kier molecular flexibility index (Phi) is 7.56. The number of hydrogen-bond donors (Lipinski definition) is 1. The SMILES string of the molecule is Cc1cc(C)c(OCC(=O)NCCN(C(C)C)C(C)C)c(C)c1. The summed E-state index contributed by atoms with van der Waals surface area (Å²) in [6, 6.07) is 5.09. The fourth-order valence-corrected chi connectivity index (χ4v) is 3.02. The van der Waals surface area contributed by atoms with Gasteiger partial charge in [-0.25, -0.2) is 0 Å².